The SMILES string of the molecule is COc1ccc(-c2ccc(C(=N)N)c(C)n2)c(OC)c1. The van der Waals surface area contributed by atoms with E-state index in [-0.39, 0.29) is 5.84 Å². The van der Waals surface area contributed by atoms with E-state index in [2.05, 4.69) is 4.98 Å². The molecule has 0 unspecified atom stereocenters. The Morgan fingerprint density at radius 3 is 2.45 bits per heavy atom. The van der Waals surface area contributed by atoms with Crippen molar-refractivity contribution in [3.63, 3.8) is 0 Å². The van der Waals surface area contributed by atoms with Gasteiger partial charge in [-0.05, 0) is 31.2 Å². The van der Waals surface area contributed by atoms with E-state index in [9.17, 15) is 0 Å². The van der Waals surface area contributed by atoms with Gasteiger partial charge in [0.15, 0.2) is 0 Å². The number of nitrogens with zero attached hydrogens (tertiary/aromatic N) is 1. The van der Waals surface area contributed by atoms with E-state index in [0.29, 0.717) is 17.0 Å². The van der Waals surface area contributed by atoms with Crippen LogP contribution >= 0.6 is 0 Å². The van der Waals surface area contributed by atoms with Crippen LogP contribution in [0.25, 0.3) is 11.3 Å². The van der Waals surface area contributed by atoms with E-state index in [1.54, 1.807) is 20.3 Å². The molecule has 3 N–H and O–H groups in total. The Kier molecular flexibility index (Phi) is 3.89. The highest BCUT2D eigenvalue weighted by atomic mass is 16.5. The van der Waals surface area contributed by atoms with Crippen molar-refractivity contribution in [3.05, 3.63) is 41.6 Å². The van der Waals surface area contributed by atoms with E-state index in [0.717, 1.165) is 17.0 Å². The molecule has 1 heterocycles. The highest BCUT2D eigenvalue weighted by Crippen LogP contribution is 2.32. The van der Waals surface area contributed by atoms with Crippen LogP contribution in [0.1, 0.15) is 11.3 Å². The molecule has 0 aliphatic rings. The summed E-state index contributed by atoms with van der Waals surface area (Å²) in [6.07, 6.45) is 0. The van der Waals surface area contributed by atoms with Gasteiger partial charge >= 0.3 is 0 Å². The van der Waals surface area contributed by atoms with Gasteiger partial charge in [0.2, 0.25) is 0 Å². The van der Waals surface area contributed by atoms with Crippen LogP contribution in [0, 0.1) is 12.3 Å². The van der Waals surface area contributed by atoms with Crippen LogP contribution in [0.2, 0.25) is 0 Å². The number of hydrogen-bond donors (Lipinski definition) is 2. The Morgan fingerprint density at radius 1 is 1.15 bits per heavy atom. The minimum absolute atomic E-state index is 0.0169. The first-order chi connectivity index (χ1) is 9.56. The number of ether oxygens (including phenoxy) is 2. The molecule has 0 aliphatic heterocycles. The van der Waals surface area contributed by atoms with Crippen LogP contribution in [0.3, 0.4) is 0 Å². The molecule has 2 aromatic rings. The van der Waals surface area contributed by atoms with Crippen LogP contribution < -0.4 is 15.2 Å². The van der Waals surface area contributed by atoms with Gasteiger partial charge in [-0.2, -0.15) is 0 Å². The number of nitrogen functional groups attached to an aromatic ring is 1. The van der Waals surface area contributed by atoms with Crippen molar-refractivity contribution in [1.82, 2.24) is 4.98 Å². The fourth-order valence-electron chi connectivity index (χ4n) is 2.01. The number of hydrogen-bond acceptors (Lipinski definition) is 4. The second-order valence-electron chi connectivity index (χ2n) is 4.31. The fraction of sp³-hybridized carbons (Fsp3) is 0.200. The van der Waals surface area contributed by atoms with Crippen LogP contribution in [-0.4, -0.2) is 25.0 Å². The maximum absolute atomic E-state index is 7.48. The first kappa shape index (κ1) is 13.9. The van der Waals surface area contributed by atoms with Crippen LogP contribution in [-0.2, 0) is 0 Å². The van der Waals surface area contributed by atoms with Gasteiger partial charge in [0.05, 0.1) is 19.9 Å². The number of aryl methyl sites for hydroxylation is 1. The summed E-state index contributed by atoms with van der Waals surface area (Å²) in [6, 6.07) is 9.18. The van der Waals surface area contributed by atoms with E-state index < -0.39 is 0 Å². The van der Waals surface area contributed by atoms with Crippen LogP contribution in [0.4, 0.5) is 0 Å². The van der Waals surface area contributed by atoms with Crippen molar-refractivity contribution in [2.24, 2.45) is 5.73 Å². The highest BCUT2D eigenvalue weighted by molar-refractivity contribution is 5.96. The van der Waals surface area contributed by atoms with E-state index in [1.165, 1.54) is 0 Å². The molecule has 20 heavy (non-hydrogen) atoms. The Balaban J connectivity index is 2.51. The van der Waals surface area contributed by atoms with Gasteiger partial charge in [-0.15, -0.1) is 0 Å². The molecule has 0 atom stereocenters. The van der Waals surface area contributed by atoms with E-state index in [4.69, 9.17) is 20.6 Å². The second kappa shape index (κ2) is 5.61. The van der Waals surface area contributed by atoms with Gasteiger partial charge in [0.1, 0.15) is 17.3 Å². The van der Waals surface area contributed by atoms with Gasteiger partial charge < -0.3 is 15.2 Å². The van der Waals surface area contributed by atoms with Crippen LogP contribution in [0.15, 0.2) is 30.3 Å². The minimum Gasteiger partial charge on any atom is -0.497 e. The van der Waals surface area contributed by atoms with Gasteiger partial charge in [-0.25, -0.2) is 0 Å². The molecule has 0 saturated carbocycles. The topological polar surface area (TPSA) is 81.2 Å². The molecule has 104 valence electrons. The molecule has 0 fully saturated rings. The Hall–Kier alpha value is -2.56. The monoisotopic (exact) mass is 271 g/mol. The van der Waals surface area contributed by atoms with Crippen LogP contribution in [0.5, 0.6) is 11.5 Å². The summed E-state index contributed by atoms with van der Waals surface area (Å²) in [6.45, 7) is 1.83. The first-order valence-electron chi connectivity index (χ1n) is 6.11. The standard InChI is InChI=1S/C15H17N3O2/c1-9-11(15(16)17)6-7-13(18-9)12-5-4-10(19-2)8-14(12)20-3/h4-8H,1-3H3,(H3,16,17). The smallest absolute Gasteiger partial charge is 0.131 e. The summed E-state index contributed by atoms with van der Waals surface area (Å²) < 4.78 is 10.5. The lowest BCUT2D eigenvalue weighted by molar-refractivity contribution is 0.395. The third-order valence-electron chi connectivity index (χ3n) is 3.06. The molecule has 2 rings (SSSR count). The largest absolute Gasteiger partial charge is 0.497 e. The zero-order valence-corrected chi connectivity index (χ0v) is 11.7. The van der Waals surface area contributed by atoms with Crippen molar-refractivity contribution in [2.45, 2.75) is 6.92 Å². The number of pyridine rings is 1. The average Bonchev–Trinajstić information content (AvgIpc) is 2.46. The number of amidine groups is 1. The van der Waals surface area contributed by atoms with E-state index >= 15 is 0 Å². The normalized spacial score (nSPS) is 10.2. The van der Waals surface area contributed by atoms with Gasteiger partial charge in [-0.1, -0.05) is 0 Å². The zero-order valence-electron chi connectivity index (χ0n) is 11.7. The Bertz CT molecular complexity index is 654. The number of rotatable bonds is 4. The molecule has 0 radical (unpaired) electrons. The highest BCUT2D eigenvalue weighted by Gasteiger charge is 2.11. The lowest BCUT2D eigenvalue weighted by Gasteiger charge is -2.11. The number of nitrogens with two attached hydrogens (primary N) is 1. The number of aromatic nitrogens is 1. The molecule has 0 aliphatic carbocycles. The zero-order chi connectivity index (χ0) is 14.7. The number of nitrogens with one attached hydrogen (secondary N) is 1. The lowest BCUT2D eigenvalue weighted by Crippen LogP contribution is -2.13. The Labute approximate surface area is 117 Å². The van der Waals surface area contributed by atoms with E-state index in [1.807, 2.05) is 31.2 Å². The summed E-state index contributed by atoms with van der Waals surface area (Å²) >= 11 is 0. The molecular weight excluding hydrogens is 254 g/mol. The van der Waals surface area contributed by atoms with Crippen molar-refractivity contribution < 1.29 is 9.47 Å². The summed E-state index contributed by atoms with van der Waals surface area (Å²) in [4.78, 5) is 4.49. The summed E-state index contributed by atoms with van der Waals surface area (Å²) in [5.74, 6) is 1.43. The molecule has 1 aromatic heterocycles. The minimum atomic E-state index is 0.0169. The third-order valence-corrected chi connectivity index (χ3v) is 3.06. The summed E-state index contributed by atoms with van der Waals surface area (Å²) in [7, 11) is 3.22. The molecule has 1 aromatic carbocycles. The van der Waals surface area contributed by atoms with Gasteiger partial charge in [0.25, 0.3) is 0 Å². The third kappa shape index (κ3) is 2.56. The first-order valence-corrected chi connectivity index (χ1v) is 6.11. The van der Waals surface area contributed by atoms with Crippen molar-refractivity contribution >= 4 is 5.84 Å². The van der Waals surface area contributed by atoms with Gasteiger partial charge in [0, 0.05) is 22.9 Å². The average molecular weight is 271 g/mol. The molecule has 0 spiro atoms. The summed E-state index contributed by atoms with van der Waals surface area (Å²) in [5, 5.41) is 7.48. The molecule has 5 heteroatoms. The molecule has 0 bridgehead atoms. The van der Waals surface area contributed by atoms with Crippen molar-refractivity contribution in [1.29, 1.82) is 5.41 Å². The predicted molar refractivity (Wildman–Crippen MR) is 78.5 cm³/mol. The maximum atomic E-state index is 7.48. The molecule has 0 amide bonds. The Morgan fingerprint density at radius 2 is 1.90 bits per heavy atom. The molecular formula is C15H17N3O2. The quantitative estimate of drug-likeness (QED) is 0.660. The number of benzene rings is 1. The van der Waals surface area contributed by atoms with Crippen molar-refractivity contribution in [3.8, 4) is 22.8 Å². The number of methoxy groups -OCH3 is 2. The molecule has 0 saturated heterocycles. The van der Waals surface area contributed by atoms with Crippen molar-refractivity contribution in [2.75, 3.05) is 14.2 Å². The fourth-order valence-corrected chi connectivity index (χ4v) is 2.01. The van der Waals surface area contributed by atoms with Gasteiger partial charge in [-0.3, -0.25) is 10.4 Å². The maximum Gasteiger partial charge on any atom is 0.131 e. The second-order valence-corrected chi connectivity index (χ2v) is 4.31. The summed E-state index contributed by atoms with van der Waals surface area (Å²) in [5.41, 5.74) is 8.49. The lowest BCUT2D eigenvalue weighted by atomic mass is 10.1. The molecule has 5 nitrogen and oxygen atoms in total. The predicted octanol–water partition coefficient (Wildman–Crippen LogP) is 2.36.